The van der Waals surface area contributed by atoms with Crippen LogP contribution in [0.5, 0.6) is 0 Å². The molecule has 3 N–H and O–H groups in total. The molecule has 2 aromatic rings. The van der Waals surface area contributed by atoms with Crippen molar-refractivity contribution in [2.75, 3.05) is 13.1 Å². The summed E-state index contributed by atoms with van der Waals surface area (Å²) in [6.07, 6.45) is 0.985. The molecule has 1 atom stereocenters. The van der Waals surface area contributed by atoms with Gasteiger partial charge in [-0.3, -0.25) is 4.79 Å². The van der Waals surface area contributed by atoms with Crippen LogP contribution in [0.15, 0.2) is 35.0 Å². The molecule has 1 aliphatic heterocycles. The molecule has 5 heteroatoms. The smallest absolute Gasteiger partial charge is 0.234 e. The molecule has 0 spiro atoms. The number of primary amides is 1. The van der Waals surface area contributed by atoms with E-state index in [2.05, 4.69) is 5.32 Å². The van der Waals surface area contributed by atoms with Crippen LogP contribution in [0.4, 0.5) is 0 Å². The zero-order valence-electron chi connectivity index (χ0n) is 10.5. The van der Waals surface area contributed by atoms with E-state index in [0.29, 0.717) is 0 Å². The summed E-state index contributed by atoms with van der Waals surface area (Å²) in [5.41, 5.74) is 5.22. The highest BCUT2D eigenvalue weighted by Gasteiger charge is 2.49. The Morgan fingerprint density at radius 1 is 1.26 bits per heavy atom. The summed E-state index contributed by atoms with van der Waals surface area (Å²) in [7, 11) is 0. The fourth-order valence-electron chi connectivity index (χ4n) is 3.00. The maximum atomic E-state index is 12.4. The van der Waals surface area contributed by atoms with Crippen LogP contribution in [0.1, 0.15) is 16.2 Å². The van der Waals surface area contributed by atoms with Crippen molar-refractivity contribution < 1.29 is 4.79 Å². The Morgan fingerprint density at radius 3 is 2.26 bits per heavy atom. The van der Waals surface area contributed by atoms with Crippen LogP contribution in [0, 0.1) is 5.92 Å². The average Bonchev–Trinajstić information content (AvgIpc) is 3.15. The molecule has 0 unspecified atom stereocenters. The van der Waals surface area contributed by atoms with Crippen molar-refractivity contribution in [2.24, 2.45) is 11.7 Å². The number of carbonyl (C=O) groups excluding carboxylic acids is 1. The molecule has 0 saturated carbocycles. The van der Waals surface area contributed by atoms with Gasteiger partial charge in [0.2, 0.25) is 5.91 Å². The summed E-state index contributed by atoms with van der Waals surface area (Å²) in [6.45, 7) is 1.80. The number of amides is 1. The van der Waals surface area contributed by atoms with Crippen molar-refractivity contribution in [1.82, 2.24) is 5.32 Å². The first-order valence-electron chi connectivity index (χ1n) is 6.35. The summed E-state index contributed by atoms with van der Waals surface area (Å²) in [4.78, 5) is 14.5. The van der Waals surface area contributed by atoms with E-state index in [1.165, 1.54) is 0 Å². The first kappa shape index (κ1) is 12.8. The van der Waals surface area contributed by atoms with Crippen LogP contribution in [0.2, 0.25) is 0 Å². The highest BCUT2D eigenvalue weighted by molar-refractivity contribution is 7.12. The maximum Gasteiger partial charge on any atom is 0.234 e. The SMILES string of the molecule is NC(=O)C(c1cccs1)(c1cccs1)[C@@H]1CCNC1. The molecule has 3 nitrogen and oxygen atoms in total. The van der Waals surface area contributed by atoms with Gasteiger partial charge in [-0.25, -0.2) is 0 Å². The fraction of sp³-hybridized carbons (Fsp3) is 0.357. The second kappa shape index (κ2) is 5.07. The van der Waals surface area contributed by atoms with Crippen LogP contribution in [-0.2, 0) is 10.2 Å². The Balaban J connectivity index is 2.20. The largest absolute Gasteiger partial charge is 0.369 e. The standard InChI is InChI=1S/C14H16N2OS2/c15-13(17)14(10-5-6-16-9-10,11-3-1-7-18-11)12-4-2-8-19-12/h1-4,7-8,10,16H,5-6,9H2,(H2,15,17)/t10-/m1/s1. The van der Waals surface area contributed by atoms with Gasteiger partial charge in [0.25, 0.3) is 0 Å². The topological polar surface area (TPSA) is 55.1 Å². The van der Waals surface area contributed by atoms with Gasteiger partial charge in [-0.2, -0.15) is 0 Å². The molecule has 1 saturated heterocycles. The van der Waals surface area contributed by atoms with Crippen LogP contribution >= 0.6 is 22.7 Å². The first-order chi connectivity index (χ1) is 9.26. The highest BCUT2D eigenvalue weighted by atomic mass is 32.1. The quantitative estimate of drug-likeness (QED) is 0.907. The predicted octanol–water partition coefficient (Wildman–Crippen LogP) is 2.19. The molecule has 2 aromatic heterocycles. The Hall–Kier alpha value is -1.17. The summed E-state index contributed by atoms with van der Waals surface area (Å²) in [5, 5.41) is 7.39. The number of thiophene rings is 2. The molecule has 19 heavy (non-hydrogen) atoms. The normalized spacial score (nSPS) is 19.7. The van der Waals surface area contributed by atoms with Gasteiger partial charge in [0.1, 0.15) is 5.41 Å². The predicted molar refractivity (Wildman–Crippen MR) is 79.6 cm³/mol. The van der Waals surface area contributed by atoms with Crippen LogP contribution < -0.4 is 11.1 Å². The summed E-state index contributed by atoms with van der Waals surface area (Å²) in [6, 6.07) is 8.06. The lowest BCUT2D eigenvalue weighted by Crippen LogP contribution is -2.48. The second-order valence-corrected chi connectivity index (χ2v) is 6.71. The third kappa shape index (κ3) is 1.93. The number of nitrogens with one attached hydrogen (secondary N) is 1. The average molecular weight is 292 g/mol. The minimum atomic E-state index is -0.661. The number of rotatable bonds is 4. The van der Waals surface area contributed by atoms with Gasteiger partial charge >= 0.3 is 0 Å². The molecule has 0 aromatic carbocycles. The van der Waals surface area contributed by atoms with E-state index in [4.69, 9.17) is 5.73 Å². The Bertz CT molecular complexity index is 508. The minimum absolute atomic E-state index is 0.230. The second-order valence-electron chi connectivity index (χ2n) is 4.82. The summed E-state index contributed by atoms with van der Waals surface area (Å²) < 4.78 is 0. The Labute approximate surface area is 120 Å². The molecule has 0 aliphatic carbocycles. The molecule has 3 heterocycles. The van der Waals surface area contributed by atoms with Crippen molar-refractivity contribution in [3.05, 3.63) is 44.8 Å². The van der Waals surface area contributed by atoms with E-state index in [1.54, 1.807) is 22.7 Å². The van der Waals surface area contributed by atoms with E-state index >= 15 is 0 Å². The van der Waals surface area contributed by atoms with Crippen molar-refractivity contribution in [3.8, 4) is 0 Å². The number of hydrogen-bond acceptors (Lipinski definition) is 4. The van der Waals surface area contributed by atoms with Crippen molar-refractivity contribution in [3.63, 3.8) is 0 Å². The van der Waals surface area contributed by atoms with Gasteiger partial charge in [0.15, 0.2) is 0 Å². The molecule has 1 fully saturated rings. The van der Waals surface area contributed by atoms with Gasteiger partial charge < -0.3 is 11.1 Å². The molecule has 100 valence electrons. The zero-order valence-corrected chi connectivity index (χ0v) is 12.1. The van der Waals surface area contributed by atoms with Gasteiger partial charge in [0.05, 0.1) is 0 Å². The Kier molecular flexibility index (Phi) is 3.43. The van der Waals surface area contributed by atoms with Crippen molar-refractivity contribution >= 4 is 28.6 Å². The number of carbonyl (C=O) groups is 1. The fourth-order valence-corrected chi connectivity index (χ4v) is 5.11. The van der Waals surface area contributed by atoms with Crippen molar-refractivity contribution in [2.45, 2.75) is 11.8 Å². The third-order valence-corrected chi connectivity index (χ3v) is 5.89. The molecule has 0 bridgehead atoms. The molecule has 1 amide bonds. The van der Waals surface area contributed by atoms with Gasteiger partial charge in [-0.15, -0.1) is 22.7 Å². The number of hydrogen-bond donors (Lipinski definition) is 2. The third-order valence-electron chi connectivity index (χ3n) is 3.88. The lowest BCUT2D eigenvalue weighted by atomic mass is 9.71. The molecule has 1 aliphatic rings. The highest BCUT2D eigenvalue weighted by Crippen LogP contribution is 2.45. The summed E-state index contributed by atoms with van der Waals surface area (Å²) in [5.74, 6) is 0.00778. The van der Waals surface area contributed by atoms with E-state index in [0.717, 1.165) is 29.3 Å². The van der Waals surface area contributed by atoms with Crippen LogP contribution in [0.25, 0.3) is 0 Å². The maximum absolute atomic E-state index is 12.4. The first-order valence-corrected chi connectivity index (χ1v) is 8.10. The molecular formula is C14H16N2OS2. The zero-order chi connectivity index (χ0) is 13.3. The van der Waals surface area contributed by atoms with E-state index in [9.17, 15) is 4.79 Å². The minimum Gasteiger partial charge on any atom is -0.369 e. The van der Waals surface area contributed by atoms with Crippen LogP contribution in [0.3, 0.4) is 0 Å². The van der Waals surface area contributed by atoms with Gasteiger partial charge in [0, 0.05) is 9.75 Å². The van der Waals surface area contributed by atoms with Crippen molar-refractivity contribution in [1.29, 1.82) is 0 Å². The monoisotopic (exact) mass is 292 g/mol. The van der Waals surface area contributed by atoms with E-state index in [1.807, 2.05) is 35.0 Å². The lowest BCUT2D eigenvalue weighted by Gasteiger charge is -2.34. The molecule has 0 radical (unpaired) electrons. The Morgan fingerprint density at radius 2 is 1.89 bits per heavy atom. The lowest BCUT2D eigenvalue weighted by molar-refractivity contribution is -0.123. The summed E-state index contributed by atoms with van der Waals surface area (Å²) >= 11 is 3.24. The van der Waals surface area contributed by atoms with Crippen LogP contribution in [-0.4, -0.2) is 19.0 Å². The molecule has 3 rings (SSSR count). The number of nitrogens with two attached hydrogens (primary N) is 1. The van der Waals surface area contributed by atoms with Gasteiger partial charge in [-0.05, 0) is 48.3 Å². The van der Waals surface area contributed by atoms with E-state index in [-0.39, 0.29) is 11.8 Å². The van der Waals surface area contributed by atoms with Gasteiger partial charge in [-0.1, -0.05) is 12.1 Å². The van der Waals surface area contributed by atoms with E-state index < -0.39 is 5.41 Å². The molecular weight excluding hydrogens is 276 g/mol.